The Balaban J connectivity index is 2.84. The van der Waals surface area contributed by atoms with Gasteiger partial charge in [0.05, 0.1) is 0 Å². The molecule has 0 aromatic carbocycles. The van der Waals surface area contributed by atoms with Crippen molar-refractivity contribution in [2.45, 2.75) is 63.9 Å². The predicted molar refractivity (Wildman–Crippen MR) is 89.0 cm³/mol. The molecule has 6 heteroatoms. The number of aliphatic hydroxyl groups is 2. The van der Waals surface area contributed by atoms with E-state index in [9.17, 15) is 19.8 Å². The highest BCUT2D eigenvalue weighted by Crippen LogP contribution is 2.17. The fourth-order valence-electron chi connectivity index (χ4n) is 2.28. The first-order chi connectivity index (χ1) is 11.5. The third-order valence-corrected chi connectivity index (χ3v) is 3.56. The van der Waals surface area contributed by atoms with Crippen molar-refractivity contribution in [1.29, 1.82) is 0 Å². The number of esters is 2. The van der Waals surface area contributed by atoms with Gasteiger partial charge in [-0.05, 0) is 26.2 Å². The summed E-state index contributed by atoms with van der Waals surface area (Å²) >= 11 is 0. The lowest BCUT2D eigenvalue weighted by atomic mass is 10.0. The molecule has 1 rings (SSSR count). The summed E-state index contributed by atoms with van der Waals surface area (Å²) in [6, 6.07) is 0. The summed E-state index contributed by atoms with van der Waals surface area (Å²) in [6.07, 6.45) is 6.83. The SMILES string of the molecule is C/C=C/C=C/C(=O)O[C@@H]1CC/C=C\[C@H](O)[C@@H](O)[C@@H](CCC)OC1=O. The van der Waals surface area contributed by atoms with Crippen molar-refractivity contribution < 1.29 is 29.3 Å². The second-order valence-corrected chi connectivity index (χ2v) is 5.56. The maximum Gasteiger partial charge on any atom is 0.347 e. The molecule has 0 amide bonds. The maximum absolute atomic E-state index is 12.3. The zero-order valence-corrected chi connectivity index (χ0v) is 14.1. The Morgan fingerprint density at radius 3 is 2.83 bits per heavy atom. The van der Waals surface area contributed by atoms with E-state index in [4.69, 9.17) is 9.47 Å². The van der Waals surface area contributed by atoms with Gasteiger partial charge in [-0.15, -0.1) is 0 Å². The van der Waals surface area contributed by atoms with Crippen molar-refractivity contribution in [3.63, 3.8) is 0 Å². The lowest BCUT2D eigenvalue weighted by molar-refractivity contribution is -0.176. The zero-order valence-electron chi connectivity index (χ0n) is 14.1. The van der Waals surface area contributed by atoms with Gasteiger partial charge in [0.25, 0.3) is 0 Å². The molecule has 1 aliphatic heterocycles. The molecule has 0 saturated carbocycles. The lowest BCUT2D eigenvalue weighted by Crippen LogP contribution is -2.42. The average molecular weight is 338 g/mol. The fourth-order valence-corrected chi connectivity index (χ4v) is 2.28. The van der Waals surface area contributed by atoms with Crippen molar-refractivity contribution in [2.24, 2.45) is 0 Å². The molecule has 4 atom stereocenters. The van der Waals surface area contributed by atoms with Crippen molar-refractivity contribution >= 4 is 11.9 Å². The average Bonchev–Trinajstić information content (AvgIpc) is 2.55. The van der Waals surface area contributed by atoms with Crippen LogP contribution in [-0.4, -0.2) is 46.6 Å². The molecule has 0 aromatic heterocycles. The third-order valence-electron chi connectivity index (χ3n) is 3.56. The van der Waals surface area contributed by atoms with Crippen molar-refractivity contribution in [3.8, 4) is 0 Å². The first-order valence-corrected chi connectivity index (χ1v) is 8.22. The van der Waals surface area contributed by atoms with Gasteiger partial charge < -0.3 is 19.7 Å². The number of allylic oxidation sites excluding steroid dienone is 4. The van der Waals surface area contributed by atoms with Crippen LogP contribution in [0.2, 0.25) is 0 Å². The summed E-state index contributed by atoms with van der Waals surface area (Å²) in [5.74, 6) is -1.34. The molecule has 0 aromatic rings. The van der Waals surface area contributed by atoms with E-state index in [2.05, 4.69) is 0 Å². The van der Waals surface area contributed by atoms with Crippen LogP contribution in [0.15, 0.2) is 36.5 Å². The molecule has 24 heavy (non-hydrogen) atoms. The van der Waals surface area contributed by atoms with Gasteiger partial charge in [-0.1, -0.05) is 43.7 Å². The van der Waals surface area contributed by atoms with Crippen LogP contribution in [0, 0.1) is 0 Å². The highest BCUT2D eigenvalue weighted by atomic mass is 16.6. The van der Waals surface area contributed by atoms with Gasteiger partial charge in [0.1, 0.15) is 18.3 Å². The largest absolute Gasteiger partial charge is 0.457 e. The van der Waals surface area contributed by atoms with Crippen LogP contribution in [0.1, 0.15) is 39.5 Å². The number of hydrogen-bond acceptors (Lipinski definition) is 6. The normalized spacial score (nSPS) is 30.2. The molecule has 1 heterocycles. The lowest BCUT2D eigenvalue weighted by Gasteiger charge is -2.27. The molecule has 0 radical (unpaired) electrons. The van der Waals surface area contributed by atoms with E-state index in [1.165, 1.54) is 18.2 Å². The van der Waals surface area contributed by atoms with E-state index in [-0.39, 0.29) is 6.42 Å². The number of cyclic esters (lactones) is 1. The molecule has 0 spiro atoms. The number of carbonyl (C=O) groups is 2. The van der Waals surface area contributed by atoms with E-state index in [1.54, 1.807) is 18.2 Å². The molecular formula is C18H26O6. The van der Waals surface area contributed by atoms with Gasteiger partial charge in [-0.25, -0.2) is 9.59 Å². The van der Waals surface area contributed by atoms with Crippen LogP contribution in [0.4, 0.5) is 0 Å². The molecule has 0 fully saturated rings. The molecule has 0 bridgehead atoms. The molecule has 134 valence electrons. The fraction of sp³-hybridized carbons (Fsp3) is 0.556. The van der Waals surface area contributed by atoms with E-state index in [1.807, 2.05) is 13.8 Å². The molecule has 6 nitrogen and oxygen atoms in total. The topological polar surface area (TPSA) is 93.1 Å². The maximum atomic E-state index is 12.3. The summed E-state index contributed by atoms with van der Waals surface area (Å²) < 4.78 is 10.4. The first-order valence-electron chi connectivity index (χ1n) is 8.22. The Hall–Kier alpha value is -1.92. The smallest absolute Gasteiger partial charge is 0.347 e. The minimum Gasteiger partial charge on any atom is -0.457 e. The van der Waals surface area contributed by atoms with Crippen molar-refractivity contribution in [3.05, 3.63) is 36.5 Å². The molecule has 0 unspecified atom stereocenters. The summed E-state index contributed by atoms with van der Waals surface area (Å²) in [4.78, 5) is 24.0. The zero-order chi connectivity index (χ0) is 17.9. The number of rotatable bonds is 5. The Morgan fingerprint density at radius 2 is 2.17 bits per heavy atom. The van der Waals surface area contributed by atoms with Crippen LogP contribution in [0.3, 0.4) is 0 Å². The minimum absolute atomic E-state index is 0.250. The molecule has 2 N–H and O–H groups in total. The highest BCUT2D eigenvalue weighted by Gasteiger charge is 2.32. The molecule has 0 aliphatic carbocycles. The predicted octanol–water partition coefficient (Wildman–Crippen LogP) is 1.81. The Morgan fingerprint density at radius 1 is 1.42 bits per heavy atom. The van der Waals surface area contributed by atoms with Gasteiger partial charge in [0, 0.05) is 6.08 Å². The van der Waals surface area contributed by atoms with Crippen LogP contribution < -0.4 is 0 Å². The van der Waals surface area contributed by atoms with Crippen LogP contribution in [0.5, 0.6) is 0 Å². The Labute approximate surface area is 142 Å². The summed E-state index contributed by atoms with van der Waals surface area (Å²) in [5, 5.41) is 20.0. The van der Waals surface area contributed by atoms with Crippen molar-refractivity contribution in [2.75, 3.05) is 0 Å². The standard InChI is InChI=1S/C18H26O6/c1-3-5-6-12-16(20)23-15-11-8-7-10-13(19)17(21)14(9-4-2)24-18(15)22/h3,5-7,10,12-15,17,19,21H,4,8-9,11H2,1-2H3/b5-3+,10-7-,12-6+/t13-,14+,15+,17+/m0/s1. The summed E-state index contributed by atoms with van der Waals surface area (Å²) in [6.45, 7) is 3.69. The monoisotopic (exact) mass is 338 g/mol. The van der Waals surface area contributed by atoms with Gasteiger partial charge in [-0.2, -0.15) is 0 Å². The van der Waals surface area contributed by atoms with Gasteiger partial charge in [-0.3, -0.25) is 0 Å². The first kappa shape index (κ1) is 20.1. The van der Waals surface area contributed by atoms with E-state index < -0.39 is 36.4 Å². The highest BCUT2D eigenvalue weighted by molar-refractivity contribution is 5.85. The van der Waals surface area contributed by atoms with E-state index in [0.717, 1.165) is 0 Å². The summed E-state index contributed by atoms with van der Waals surface area (Å²) in [7, 11) is 0. The second kappa shape index (κ2) is 10.8. The minimum atomic E-state index is -1.21. The van der Waals surface area contributed by atoms with E-state index >= 15 is 0 Å². The number of aliphatic hydroxyl groups excluding tert-OH is 2. The molecule has 0 saturated heterocycles. The van der Waals surface area contributed by atoms with Gasteiger partial charge in [0.2, 0.25) is 0 Å². The Kier molecular flexibility index (Phi) is 9.04. The van der Waals surface area contributed by atoms with E-state index in [0.29, 0.717) is 19.3 Å². The van der Waals surface area contributed by atoms with Crippen LogP contribution >= 0.6 is 0 Å². The van der Waals surface area contributed by atoms with Crippen molar-refractivity contribution in [1.82, 2.24) is 0 Å². The summed E-state index contributed by atoms with van der Waals surface area (Å²) in [5.41, 5.74) is 0. The third kappa shape index (κ3) is 6.68. The van der Waals surface area contributed by atoms with Crippen LogP contribution in [-0.2, 0) is 19.1 Å². The number of ether oxygens (including phenoxy) is 2. The quantitative estimate of drug-likeness (QED) is 0.344. The molecular weight excluding hydrogens is 312 g/mol. The van der Waals surface area contributed by atoms with Gasteiger partial charge >= 0.3 is 11.9 Å². The number of carbonyl (C=O) groups excluding carboxylic acids is 2. The van der Waals surface area contributed by atoms with Gasteiger partial charge in [0.15, 0.2) is 6.10 Å². The van der Waals surface area contributed by atoms with Crippen LogP contribution in [0.25, 0.3) is 0 Å². The Bertz CT molecular complexity index is 494. The number of hydrogen-bond donors (Lipinski definition) is 2. The second-order valence-electron chi connectivity index (χ2n) is 5.56. The molecule has 1 aliphatic rings.